The van der Waals surface area contributed by atoms with Gasteiger partial charge in [-0.15, -0.1) is 0 Å². The third kappa shape index (κ3) is 3.07. The lowest BCUT2D eigenvalue weighted by Gasteiger charge is -2.44. The molecule has 1 aliphatic rings. The Bertz CT molecular complexity index is 753. The Balaban J connectivity index is 2.66. The molecule has 0 unspecified atom stereocenters. The topological polar surface area (TPSA) is 142 Å². The molecule has 4 N–H and O–H groups in total. The Morgan fingerprint density at radius 1 is 1.40 bits per heavy atom. The van der Waals surface area contributed by atoms with Crippen LogP contribution < -0.4 is 10.6 Å². The molecule has 136 valence electrons. The van der Waals surface area contributed by atoms with E-state index < -0.39 is 57.6 Å². The third-order valence-corrected chi connectivity index (χ3v) is 3.80. The SMILES string of the molecule is CC(=O)[C@@H]1[C@H](c2cc([N+](=O)[O-])ccc2O)NC(=O)N[C@]1(O)C(F)(F)F. The van der Waals surface area contributed by atoms with Crippen LogP contribution in [0.4, 0.5) is 23.7 Å². The van der Waals surface area contributed by atoms with E-state index in [9.17, 15) is 43.1 Å². The average Bonchev–Trinajstić information content (AvgIpc) is 2.44. The number of nitrogens with zero attached hydrogens (tertiary/aromatic N) is 1. The first kappa shape index (κ1) is 18.4. The summed E-state index contributed by atoms with van der Waals surface area (Å²) in [6.45, 7) is 0.752. The first-order valence-corrected chi connectivity index (χ1v) is 6.74. The minimum Gasteiger partial charge on any atom is -0.508 e. The lowest BCUT2D eigenvalue weighted by Crippen LogP contribution is -2.72. The summed E-state index contributed by atoms with van der Waals surface area (Å²) >= 11 is 0. The molecular formula is C13H12F3N3O6. The van der Waals surface area contributed by atoms with Gasteiger partial charge in [-0.1, -0.05) is 0 Å². The van der Waals surface area contributed by atoms with Crippen LogP contribution >= 0.6 is 0 Å². The second-order valence-corrected chi connectivity index (χ2v) is 5.43. The zero-order valence-corrected chi connectivity index (χ0v) is 12.5. The van der Waals surface area contributed by atoms with Crippen molar-refractivity contribution in [3.8, 4) is 5.75 Å². The molecule has 3 atom stereocenters. The van der Waals surface area contributed by atoms with Gasteiger partial charge in [0, 0.05) is 17.7 Å². The summed E-state index contributed by atoms with van der Waals surface area (Å²) in [7, 11) is 0. The van der Waals surface area contributed by atoms with Crippen molar-refractivity contribution in [1.29, 1.82) is 0 Å². The van der Waals surface area contributed by atoms with Crippen molar-refractivity contribution < 1.29 is 37.9 Å². The second-order valence-electron chi connectivity index (χ2n) is 5.43. The monoisotopic (exact) mass is 363 g/mol. The van der Waals surface area contributed by atoms with E-state index in [1.54, 1.807) is 0 Å². The summed E-state index contributed by atoms with van der Waals surface area (Å²) in [5, 5.41) is 33.9. The molecule has 1 heterocycles. The number of aliphatic hydroxyl groups is 1. The molecule has 0 aliphatic carbocycles. The molecular weight excluding hydrogens is 351 g/mol. The number of urea groups is 1. The number of phenols is 1. The summed E-state index contributed by atoms with van der Waals surface area (Å²) in [5.41, 5.74) is -5.01. The fraction of sp³-hybridized carbons (Fsp3) is 0.385. The number of phenolic OH excluding ortho intramolecular Hbond substituents is 1. The molecule has 0 bridgehead atoms. The van der Waals surface area contributed by atoms with E-state index in [-0.39, 0.29) is 0 Å². The standard InChI is InChI=1S/C13H12F3N3O6/c1-5(20)9-10(7-4-6(19(24)25)2-3-8(7)21)17-11(22)18-12(9,23)13(14,15)16/h2-4,9-10,21,23H,1H3,(H2,17,18,22)/t9-,10+,12-/m1/s1. The fourth-order valence-electron chi connectivity index (χ4n) is 2.69. The van der Waals surface area contributed by atoms with Crippen LogP contribution in [0, 0.1) is 16.0 Å². The Kier molecular flexibility index (Phi) is 4.34. The summed E-state index contributed by atoms with van der Waals surface area (Å²) in [6, 6.07) is -0.865. The van der Waals surface area contributed by atoms with Crippen molar-refractivity contribution in [3.05, 3.63) is 33.9 Å². The van der Waals surface area contributed by atoms with Crippen LogP contribution in [0.5, 0.6) is 5.75 Å². The minimum absolute atomic E-state index is 0.507. The molecule has 0 aromatic heterocycles. The molecule has 0 saturated carbocycles. The van der Waals surface area contributed by atoms with Gasteiger partial charge in [0.2, 0.25) is 5.72 Å². The smallest absolute Gasteiger partial charge is 0.437 e. The highest BCUT2D eigenvalue weighted by atomic mass is 19.4. The number of aromatic hydroxyl groups is 1. The molecule has 0 radical (unpaired) electrons. The number of hydrogen-bond donors (Lipinski definition) is 4. The lowest BCUT2D eigenvalue weighted by molar-refractivity contribution is -0.385. The highest BCUT2D eigenvalue weighted by molar-refractivity contribution is 5.86. The number of non-ortho nitro benzene ring substituents is 1. The quantitative estimate of drug-likeness (QED) is 0.468. The van der Waals surface area contributed by atoms with E-state index in [4.69, 9.17) is 0 Å². The van der Waals surface area contributed by atoms with Crippen LogP contribution in [0.1, 0.15) is 18.5 Å². The number of carbonyl (C=O) groups excluding carboxylic acids is 2. The molecule has 9 nitrogen and oxygen atoms in total. The predicted octanol–water partition coefficient (Wildman–Crippen LogP) is 1.11. The van der Waals surface area contributed by atoms with E-state index >= 15 is 0 Å². The zero-order valence-electron chi connectivity index (χ0n) is 12.5. The van der Waals surface area contributed by atoms with Crippen molar-refractivity contribution in [3.63, 3.8) is 0 Å². The van der Waals surface area contributed by atoms with E-state index in [1.807, 2.05) is 5.32 Å². The maximum atomic E-state index is 13.3. The molecule has 2 amide bonds. The molecule has 1 aliphatic heterocycles. The zero-order chi connectivity index (χ0) is 19.2. The van der Waals surface area contributed by atoms with Gasteiger partial charge in [-0.3, -0.25) is 14.9 Å². The summed E-state index contributed by atoms with van der Waals surface area (Å²) in [6.07, 6.45) is -5.42. The number of nitrogens with one attached hydrogen (secondary N) is 2. The number of ketones is 1. The van der Waals surface area contributed by atoms with Gasteiger partial charge in [0.15, 0.2) is 0 Å². The Morgan fingerprint density at radius 2 is 2.00 bits per heavy atom. The van der Waals surface area contributed by atoms with Crippen LogP contribution in [0.3, 0.4) is 0 Å². The van der Waals surface area contributed by atoms with Crippen LogP contribution in [-0.2, 0) is 4.79 Å². The number of alkyl halides is 3. The van der Waals surface area contributed by atoms with E-state index in [2.05, 4.69) is 0 Å². The van der Waals surface area contributed by atoms with Crippen molar-refractivity contribution in [2.75, 3.05) is 0 Å². The molecule has 1 aromatic rings. The predicted molar refractivity (Wildman–Crippen MR) is 74.3 cm³/mol. The van der Waals surface area contributed by atoms with Gasteiger partial charge >= 0.3 is 12.2 Å². The van der Waals surface area contributed by atoms with Crippen LogP contribution in [0.15, 0.2) is 18.2 Å². The Labute approximate surface area is 137 Å². The largest absolute Gasteiger partial charge is 0.508 e. The Hall–Kier alpha value is -2.89. The van der Waals surface area contributed by atoms with Gasteiger partial charge in [-0.2, -0.15) is 13.2 Å². The van der Waals surface area contributed by atoms with Crippen molar-refractivity contribution in [1.82, 2.24) is 10.6 Å². The van der Waals surface area contributed by atoms with Crippen LogP contribution in [0.2, 0.25) is 0 Å². The van der Waals surface area contributed by atoms with Crippen LogP contribution in [-0.4, -0.2) is 38.9 Å². The van der Waals surface area contributed by atoms with Crippen molar-refractivity contribution >= 4 is 17.5 Å². The van der Waals surface area contributed by atoms with Crippen LogP contribution in [0.25, 0.3) is 0 Å². The second kappa shape index (κ2) is 5.88. The summed E-state index contributed by atoms with van der Waals surface area (Å²) in [4.78, 5) is 33.4. The summed E-state index contributed by atoms with van der Waals surface area (Å²) in [5.74, 6) is -4.14. The summed E-state index contributed by atoms with van der Waals surface area (Å²) < 4.78 is 39.9. The first-order chi connectivity index (χ1) is 11.4. The van der Waals surface area contributed by atoms with Crippen molar-refractivity contribution in [2.45, 2.75) is 24.9 Å². The van der Waals surface area contributed by atoms with Gasteiger partial charge in [-0.05, 0) is 13.0 Å². The highest BCUT2D eigenvalue weighted by Crippen LogP contribution is 2.44. The number of halogens is 3. The number of hydrogen-bond acceptors (Lipinski definition) is 6. The number of amides is 2. The van der Waals surface area contributed by atoms with E-state index in [1.165, 1.54) is 5.32 Å². The fourth-order valence-corrected chi connectivity index (χ4v) is 2.69. The average molecular weight is 363 g/mol. The first-order valence-electron chi connectivity index (χ1n) is 6.74. The molecule has 1 saturated heterocycles. The molecule has 0 spiro atoms. The molecule has 2 rings (SSSR count). The van der Waals surface area contributed by atoms with Gasteiger partial charge in [0.1, 0.15) is 11.5 Å². The van der Waals surface area contributed by atoms with Gasteiger partial charge in [-0.25, -0.2) is 4.79 Å². The lowest BCUT2D eigenvalue weighted by atomic mass is 9.79. The third-order valence-electron chi connectivity index (χ3n) is 3.80. The van der Waals surface area contributed by atoms with Gasteiger partial charge in [0.05, 0.1) is 16.9 Å². The normalized spacial score (nSPS) is 26.5. The highest BCUT2D eigenvalue weighted by Gasteiger charge is 2.65. The number of nitro benzene ring substituents is 1. The van der Waals surface area contributed by atoms with Crippen molar-refractivity contribution in [2.24, 2.45) is 5.92 Å². The van der Waals surface area contributed by atoms with Gasteiger partial charge < -0.3 is 20.8 Å². The number of benzene rings is 1. The van der Waals surface area contributed by atoms with E-state index in [0.29, 0.717) is 0 Å². The maximum absolute atomic E-state index is 13.3. The number of nitro groups is 1. The molecule has 1 aromatic carbocycles. The number of rotatable bonds is 3. The molecule has 25 heavy (non-hydrogen) atoms. The number of Topliss-reactive ketones (excluding diaryl/α,β-unsaturated/α-hetero) is 1. The van der Waals surface area contributed by atoms with E-state index in [0.717, 1.165) is 25.1 Å². The Morgan fingerprint density at radius 3 is 2.48 bits per heavy atom. The minimum atomic E-state index is -5.42. The molecule has 1 fully saturated rings. The molecule has 12 heteroatoms. The van der Waals surface area contributed by atoms with Gasteiger partial charge in [0.25, 0.3) is 5.69 Å². The number of carbonyl (C=O) groups is 2. The maximum Gasteiger partial charge on any atom is 0.437 e.